The molecule has 15 nitrogen and oxygen atoms in total. The second kappa shape index (κ2) is 13.0. The number of halogens is 1. The fourth-order valence-corrected chi connectivity index (χ4v) is 3.83. The molecule has 0 spiro atoms. The molecule has 228 valence electrons. The summed E-state index contributed by atoms with van der Waals surface area (Å²) in [6.45, 7) is 0. The molecule has 4 aromatic heterocycles. The van der Waals surface area contributed by atoms with E-state index < -0.39 is 23.4 Å². The molecule has 0 amide bonds. The van der Waals surface area contributed by atoms with E-state index >= 15 is 0 Å². The van der Waals surface area contributed by atoms with Crippen molar-refractivity contribution in [3.05, 3.63) is 119 Å². The van der Waals surface area contributed by atoms with Crippen molar-refractivity contribution in [3.8, 4) is 52.8 Å². The van der Waals surface area contributed by atoms with Crippen LogP contribution in [0.3, 0.4) is 0 Å². The van der Waals surface area contributed by atoms with Crippen LogP contribution in [0.15, 0.2) is 79.1 Å². The summed E-state index contributed by atoms with van der Waals surface area (Å²) in [7, 11) is 0. The first kappa shape index (κ1) is 29.6. The molecule has 0 aliphatic carbocycles. The molecule has 3 N–H and O–H groups in total. The number of benzene rings is 2. The van der Waals surface area contributed by atoms with Gasteiger partial charge < -0.3 is 19.7 Å². The number of H-pyrrole nitrogens is 1. The Labute approximate surface area is 262 Å². The molecule has 2 aromatic carbocycles. The SMILES string of the molecule is O=C(O)c1[nH]nnc1Oc1ccnc(C#Cc2ccc(-n3nnc(Oc4cnc(C#Cc5ccccc5)c(F)c4)c3C(=O)O)cc2)n1. The molecular weight excluding hydrogens is 613 g/mol. The minimum atomic E-state index is -1.40. The van der Waals surface area contributed by atoms with Crippen LogP contribution in [-0.2, 0) is 0 Å². The van der Waals surface area contributed by atoms with E-state index in [0.717, 1.165) is 10.7 Å². The number of carboxylic acid groups (broad SMARTS) is 2. The highest BCUT2D eigenvalue weighted by Gasteiger charge is 2.23. The van der Waals surface area contributed by atoms with Gasteiger partial charge in [-0.05, 0) is 48.2 Å². The van der Waals surface area contributed by atoms with Crippen LogP contribution in [0.5, 0.6) is 23.4 Å². The van der Waals surface area contributed by atoms with E-state index in [1.54, 1.807) is 48.5 Å². The third-order valence-electron chi connectivity index (χ3n) is 5.96. The highest BCUT2D eigenvalue weighted by molar-refractivity contribution is 5.89. The lowest BCUT2D eigenvalue weighted by molar-refractivity contribution is 0.0674. The maximum Gasteiger partial charge on any atom is 0.360 e. The van der Waals surface area contributed by atoms with Gasteiger partial charge in [0, 0.05) is 29.5 Å². The number of rotatable bonds is 7. The molecule has 0 aliphatic heterocycles. The first-order valence-corrected chi connectivity index (χ1v) is 13.2. The van der Waals surface area contributed by atoms with E-state index in [2.05, 4.69) is 64.4 Å². The van der Waals surface area contributed by atoms with Gasteiger partial charge in [0.2, 0.25) is 23.1 Å². The lowest BCUT2D eigenvalue weighted by atomic mass is 10.2. The number of carbonyl (C=O) groups is 2. The zero-order valence-corrected chi connectivity index (χ0v) is 23.5. The number of pyridine rings is 1. The average Bonchev–Trinajstić information content (AvgIpc) is 3.72. The highest BCUT2D eigenvalue weighted by Crippen LogP contribution is 2.26. The molecule has 6 rings (SSSR count). The third-order valence-corrected chi connectivity index (χ3v) is 5.96. The maximum atomic E-state index is 14.7. The van der Waals surface area contributed by atoms with Crippen LogP contribution in [0.1, 0.15) is 43.6 Å². The molecule has 47 heavy (non-hydrogen) atoms. The van der Waals surface area contributed by atoms with Crippen molar-refractivity contribution in [1.82, 2.24) is 45.4 Å². The van der Waals surface area contributed by atoms with Gasteiger partial charge in [-0.25, -0.2) is 33.7 Å². The first-order chi connectivity index (χ1) is 22.8. The van der Waals surface area contributed by atoms with Gasteiger partial charge in [-0.3, -0.25) is 0 Å². The summed E-state index contributed by atoms with van der Waals surface area (Å²) in [5.41, 5.74) is 0.641. The van der Waals surface area contributed by atoms with Crippen molar-refractivity contribution in [1.29, 1.82) is 0 Å². The molecule has 4 heterocycles. The number of ether oxygens (including phenoxy) is 2. The Balaban J connectivity index is 1.17. The zero-order valence-electron chi connectivity index (χ0n) is 23.5. The maximum absolute atomic E-state index is 14.7. The quantitative estimate of drug-likeness (QED) is 0.217. The smallest absolute Gasteiger partial charge is 0.360 e. The molecule has 0 unspecified atom stereocenters. The molecule has 6 aromatic rings. The Hall–Kier alpha value is -7.46. The van der Waals surface area contributed by atoms with Gasteiger partial charge in [0.15, 0.2) is 11.6 Å². The molecule has 16 heteroatoms. The number of aromatic amines is 1. The summed E-state index contributed by atoms with van der Waals surface area (Å²) in [6.07, 6.45) is 2.57. The number of hydrogen-bond acceptors (Lipinski definition) is 11. The van der Waals surface area contributed by atoms with Crippen LogP contribution in [0.25, 0.3) is 5.69 Å². The van der Waals surface area contributed by atoms with Crippen molar-refractivity contribution in [2.75, 3.05) is 0 Å². The Morgan fingerprint density at radius 3 is 2.34 bits per heavy atom. The van der Waals surface area contributed by atoms with Gasteiger partial charge in [-0.15, -0.1) is 0 Å². The van der Waals surface area contributed by atoms with Gasteiger partial charge in [0.1, 0.15) is 5.69 Å². The number of aromatic carboxylic acids is 2. The van der Waals surface area contributed by atoms with E-state index in [4.69, 9.17) is 14.6 Å². The molecule has 0 atom stereocenters. The molecule has 0 saturated heterocycles. The molecule has 0 radical (unpaired) electrons. The normalized spacial score (nSPS) is 10.2. The highest BCUT2D eigenvalue weighted by atomic mass is 19.1. The van der Waals surface area contributed by atoms with Crippen LogP contribution < -0.4 is 9.47 Å². The van der Waals surface area contributed by atoms with Crippen LogP contribution in [0.2, 0.25) is 0 Å². The lowest BCUT2D eigenvalue weighted by Gasteiger charge is -2.06. The lowest BCUT2D eigenvalue weighted by Crippen LogP contribution is -2.09. The minimum Gasteiger partial charge on any atom is -0.476 e. The summed E-state index contributed by atoms with van der Waals surface area (Å²) >= 11 is 0. The van der Waals surface area contributed by atoms with Gasteiger partial charge in [-0.1, -0.05) is 50.7 Å². The van der Waals surface area contributed by atoms with E-state index in [1.807, 2.05) is 6.07 Å². The van der Waals surface area contributed by atoms with E-state index in [-0.39, 0.29) is 40.6 Å². The summed E-state index contributed by atoms with van der Waals surface area (Å²) < 4.78 is 26.6. The van der Waals surface area contributed by atoms with Crippen LogP contribution in [0.4, 0.5) is 4.39 Å². The third kappa shape index (κ3) is 6.87. The van der Waals surface area contributed by atoms with Crippen molar-refractivity contribution in [2.24, 2.45) is 0 Å². The molecule has 0 bridgehead atoms. The van der Waals surface area contributed by atoms with E-state index in [0.29, 0.717) is 16.8 Å². The summed E-state index contributed by atoms with van der Waals surface area (Å²) in [5, 5.41) is 35.9. The molecule has 0 saturated carbocycles. The summed E-state index contributed by atoms with van der Waals surface area (Å²) in [4.78, 5) is 35.5. The topological polar surface area (TPSA) is 204 Å². The van der Waals surface area contributed by atoms with Gasteiger partial charge in [0.25, 0.3) is 11.8 Å². The van der Waals surface area contributed by atoms with Crippen molar-refractivity contribution >= 4 is 11.9 Å². The fraction of sp³-hybridized carbons (Fsp3) is 0. The standard InChI is InChI=1S/C31H16FN9O6/c32-22-16-21(17-34-23(22)12-8-18-4-2-1-3-5-18)46-29-27(31(44)45)41(40-38-29)20-10-6-19(7-11-20)9-13-24-33-15-14-25(35-24)47-28-26(30(42)43)36-39-37-28/h1-7,10-11,14-17H,(H,42,43)(H,44,45)(H,36,37,39). The number of nitrogens with zero attached hydrogens (tertiary/aromatic N) is 8. The Morgan fingerprint density at radius 1 is 0.830 bits per heavy atom. The Bertz CT molecular complexity index is 2250. The van der Waals surface area contributed by atoms with Gasteiger partial charge >= 0.3 is 11.9 Å². The average molecular weight is 630 g/mol. The number of carboxylic acids is 2. The first-order valence-electron chi connectivity index (χ1n) is 13.2. The van der Waals surface area contributed by atoms with E-state index in [1.165, 1.54) is 18.5 Å². The minimum absolute atomic E-state index is 0.00681. The second-order valence-electron chi connectivity index (χ2n) is 9.09. The number of aromatic nitrogens is 9. The van der Waals surface area contributed by atoms with Gasteiger partial charge in [-0.2, -0.15) is 4.98 Å². The predicted molar refractivity (Wildman–Crippen MR) is 156 cm³/mol. The van der Waals surface area contributed by atoms with Crippen LogP contribution in [0, 0.1) is 29.5 Å². The van der Waals surface area contributed by atoms with Crippen molar-refractivity contribution in [3.63, 3.8) is 0 Å². The fourth-order valence-electron chi connectivity index (χ4n) is 3.83. The van der Waals surface area contributed by atoms with E-state index in [9.17, 15) is 19.1 Å². The van der Waals surface area contributed by atoms with Crippen molar-refractivity contribution in [2.45, 2.75) is 0 Å². The van der Waals surface area contributed by atoms with Crippen LogP contribution in [-0.4, -0.2) is 67.5 Å². The second-order valence-corrected chi connectivity index (χ2v) is 9.09. The van der Waals surface area contributed by atoms with Crippen molar-refractivity contribution < 1.29 is 33.7 Å². The summed E-state index contributed by atoms with van der Waals surface area (Å²) in [6, 6.07) is 17.7. The molecule has 0 aliphatic rings. The molecular formula is C31H16FN9O6. The number of nitrogens with one attached hydrogen (secondary N) is 1. The zero-order chi connectivity index (χ0) is 32.8. The molecule has 0 fully saturated rings. The Kier molecular flexibility index (Phi) is 8.21. The largest absolute Gasteiger partial charge is 0.476 e. The van der Waals surface area contributed by atoms with Gasteiger partial charge in [0.05, 0.1) is 11.9 Å². The summed E-state index contributed by atoms with van der Waals surface area (Å²) in [5.74, 6) is 6.91. The monoisotopic (exact) mass is 629 g/mol. The predicted octanol–water partition coefficient (Wildman–Crippen LogP) is 3.49. The number of hydrogen-bond donors (Lipinski definition) is 3. The van der Waals surface area contributed by atoms with Crippen LogP contribution >= 0.6 is 0 Å². The Morgan fingerprint density at radius 2 is 1.60 bits per heavy atom.